The number of cyclic esters (lactones) is 1. The minimum absolute atomic E-state index is 0.0338. The van der Waals surface area contributed by atoms with Crippen LogP contribution >= 0.6 is 11.3 Å². The van der Waals surface area contributed by atoms with Crippen molar-refractivity contribution in [1.29, 1.82) is 0 Å². The first-order valence-electron chi connectivity index (χ1n) is 25.4. The van der Waals surface area contributed by atoms with Crippen molar-refractivity contribution in [1.82, 2.24) is 35.2 Å². The number of hydrogen-bond acceptors (Lipinski definition) is 14. The third-order valence-corrected chi connectivity index (χ3v) is 16.5. The molecule has 3 aromatic heterocycles. The fourth-order valence-electron chi connectivity index (χ4n) is 11.6. The molecule has 4 aliphatic heterocycles. The predicted molar refractivity (Wildman–Crippen MR) is 263 cm³/mol. The number of aliphatic hydroxyl groups is 1. The molecule has 5 fully saturated rings. The Bertz CT molecular complexity index is 2530. The number of benzene rings is 1. The van der Waals surface area contributed by atoms with Crippen molar-refractivity contribution in [3.8, 4) is 22.5 Å². The Labute approximate surface area is 409 Å². The van der Waals surface area contributed by atoms with Crippen LogP contribution in [0.5, 0.6) is 0 Å². The molecule has 0 spiro atoms. The smallest absolute Gasteiger partial charge is 0.324 e. The molecule has 7 heterocycles. The molecule has 10 rings (SSSR count). The van der Waals surface area contributed by atoms with E-state index in [2.05, 4.69) is 70.1 Å². The maximum absolute atomic E-state index is 14.9. The lowest BCUT2D eigenvalue weighted by molar-refractivity contribution is -0.156. The van der Waals surface area contributed by atoms with Gasteiger partial charge in [0, 0.05) is 110 Å². The number of nitrogens with zero attached hydrogens (tertiary/aromatic N) is 6. The molecule has 1 aromatic carbocycles. The second-order valence-electron chi connectivity index (χ2n) is 20.9. The Kier molecular flexibility index (Phi) is 13.9. The molecule has 0 unspecified atom stereocenters. The Morgan fingerprint density at radius 1 is 1.09 bits per heavy atom. The lowest BCUT2D eigenvalue weighted by atomic mass is 9.84. The number of thiazole rings is 1. The van der Waals surface area contributed by atoms with Gasteiger partial charge in [0.2, 0.25) is 5.91 Å². The molecular formula is C52H70N8O8S. The summed E-state index contributed by atoms with van der Waals surface area (Å²) in [7, 11) is 1.70. The zero-order valence-electron chi connectivity index (χ0n) is 41.1. The number of piperazine rings is 1. The van der Waals surface area contributed by atoms with Crippen LogP contribution in [0, 0.1) is 23.2 Å². The summed E-state index contributed by atoms with van der Waals surface area (Å²) in [6.45, 7) is 15.7. The Morgan fingerprint density at radius 3 is 2.62 bits per heavy atom. The van der Waals surface area contributed by atoms with Crippen LogP contribution < -0.4 is 15.6 Å². The first-order valence-corrected chi connectivity index (χ1v) is 26.3. The van der Waals surface area contributed by atoms with Crippen LogP contribution in [0.3, 0.4) is 0 Å². The van der Waals surface area contributed by atoms with Crippen LogP contribution in [-0.4, -0.2) is 138 Å². The fourth-order valence-corrected chi connectivity index (χ4v) is 12.5. The molecule has 17 heteroatoms. The normalized spacial score (nSPS) is 28.1. The number of rotatable bonds is 12. The average molecular weight is 967 g/mol. The number of amides is 2. The van der Waals surface area contributed by atoms with Gasteiger partial charge in [0.05, 0.1) is 54.4 Å². The van der Waals surface area contributed by atoms with Crippen molar-refractivity contribution in [3.63, 3.8) is 0 Å². The molecule has 2 aliphatic carbocycles. The largest absolute Gasteiger partial charge is 0.464 e. The van der Waals surface area contributed by atoms with Gasteiger partial charge in [-0.15, -0.1) is 11.3 Å². The molecule has 4 aromatic rings. The topological polar surface area (TPSA) is 173 Å². The number of aliphatic hydroxyl groups excluding tert-OH is 1. The van der Waals surface area contributed by atoms with Gasteiger partial charge in [-0.1, -0.05) is 26.8 Å². The van der Waals surface area contributed by atoms with Crippen molar-refractivity contribution in [3.05, 3.63) is 52.1 Å². The molecule has 3 N–H and O–H groups in total. The van der Waals surface area contributed by atoms with E-state index >= 15 is 0 Å². The zero-order valence-corrected chi connectivity index (χ0v) is 41.9. The maximum atomic E-state index is 14.9. The van der Waals surface area contributed by atoms with Crippen LogP contribution in [0.1, 0.15) is 102 Å². The lowest BCUT2D eigenvalue weighted by Crippen LogP contribution is -2.61. The Balaban J connectivity index is 1.08. The van der Waals surface area contributed by atoms with Crippen molar-refractivity contribution in [2.45, 2.75) is 123 Å². The highest BCUT2D eigenvalue weighted by Crippen LogP contribution is 2.52. The number of methoxy groups -OCH3 is 1. The minimum Gasteiger partial charge on any atom is -0.464 e. The highest BCUT2D eigenvalue weighted by Gasteiger charge is 2.57. The first kappa shape index (κ1) is 48.2. The number of aromatic nitrogens is 3. The molecule has 6 aliphatic rings. The van der Waals surface area contributed by atoms with E-state index < -0.39 is 35.5 Å². The number of fused-ring (bicyclic) bond motifs is 6. The molecule has 16 nitrogen and oxygen atoms in total. The molecule has 2 saturated carbocycles. The number of esters is 1. The number of carbonyl (C=O) groups is 3. The summed E-state index contributed by atoms with van der Waals surface area (Å²) >= 11 is 1.39. The van der Waals surface area contributed by atoms with Gasteiger partial charge >= 0.3 is 5.97 Å². The third-order valence-electron chi connectivity index (χ3n) is 15.5. The van der Waals surface area contributed by atoms with Crippen LogP contribution in [0.4, 0.5) is 5.69 Å². The number of hydrazine groups is 1. The molecule has 6 bridgehead atoms. The summed E-state index contributed by atoms with van der Waals surface area (Å²) in [4.78, 5) is 58.7. The summed E-state index contributed by atoms with van der Waals surface area (Å²) in [6, 6.07) is 7.39. The van der Waals surface area contributed by atoms with Gasteiger partial charge in [0.1, 0.15) is 23.2 Å². The van der Waals surface area contributed by atoms with E-state index in [1.165, 1.54) is 29.2 Å². The van der Waals surface area contributed by atoms with E-state index in [0.717, 1.165) is 89.7 Å². The molecule has 372 valence electrons. The van der Waals surface area contributed by atoms with Gasteiger partial charge < -0.3 is 38.8 Å². The van der Waals surface area contributed by atoms with Gasteiger partial charge in [-0.3, -0.25) is 29.3 Å². The SMILES string of the molecule is CCO[C@@H]1c2nc(cs2)-c2ccc3c(c2)c(c(-c2cc(N4CCN(C5CC5)CC4)cnc2[C@H](C)OC)n3CCO)CC(C)(C)COC(=O)[C@@H]2CCCN(N2)C(=O)[C@H]1NC(=O)[C@H]1[C@H](C)[C@@H]1[C@H]1CCCO1. The number of carbonyl (C=O) groups excluding carboxylic acids is 3. The molecular weight excluding hydrogens is 897 g/mol. The number of nitrogens with one attached hydrogen (secondary N) is 2. The molecule has 69 heavy (non-hydrogen) atoms. The van der Waals surface area contributed by atoms with E-state index in [-0.39, 0.29) is 55.7 Å². The third kappa shape index (κ3) is 9.69. The molecule has 3 saturated heterocycles. The summed E-state index contributed by atoms with van der Waals surface area (Å²) in [5.74, 6) is -1.13. The van der Waals surface area contributed by atoms with Crippen molar-refractivity contribution < 1.29 is 38.4 Å². The number of pyridine rings is 1. The number of ether oxygens (including phenoxy) is 4. The van der Waals surface area contributed by atoms with E-state index in [1.807, 2.05) is 25.4 Å². The number of hydrogen-bond donors (Lipinski definition) is 3. The molecule has 8 atom stereocenters. The average Bonchev–Trinajstić information content (AvgIpc) is 4.13. The minimum atomic E-state index is -1.13. The van der Waals surface area contributed by atoms with Crippen LogP contribution in [-0.2, 0) is 46.3 Å². The zero-order chi connectivity index (χ0) is 48.1. The number of anilines is 1. The molecule has 0 radical (unpaired) electrons. The van der Waals surface area contributed by atoms with Gasteiger partial charge in [0.15, 0.2) is 0 Å². The van der Waals surface area contributed by atoms with Crippen molar-refractivity contribution in [2.75, 3.05) is 71.2 Å². The second-order valence-corrected chi connectivity index (χ2v) is 21.8. The van der Waals surface area contributed by atoms with Gasteiger partial charge in [-0.25, -0.2) is 10.4 Å². The van der Waals surface area contributed by atoms with E-state index in [9.17, 15) is 19.5 Å². The standard InChI is InChI=1S/C52H70N8O8S/c1-7-66-47-45(55-48(62)43-30(2)42(43)41-11-9-23-67-41)50(63)60-16-8-10-38(56-60)51(64)68-29-52(4,5)26-37-35-24-32(39-28-69-49(47)54-39)12-15-40(35)59(21-22-61)46(37)36-25-34(27-53-44(36)31(3)65-6)58-19-17-57(18-20-58)33-13-14-33/h12,15,24-25,27-28,30-31,33,38,41-43,45,47,56,61H,7-11,13-14,16-23,26,29H2,1-6H3,(H,55,62)/t30-,31+,38+,41-,42-,43+,45+,47+/m1/s1. The van der Waals surface area contributed by atoms with Crippen LogP contribution in [0.2, 0.25) is 0 Å². The maximum Gasteiger partial charge on any atom is 0.324 e. The van der Waals surface area contributed by atoms with Gasteiger partial charge in [-0.05, 0) is 88.5 Å². The van der Waals surface area contributed by atoms with Crippen LogP contribution in [0.15, 0.2) is 35.8 Å². The van der Waals surface area contributed by atoms with Crippen molar-refractivity contribution in [2.24, 2.45) is 23.2 Å². The highest BCUT2D eigenvalue weighted by atomic mass is 32.1. The van der Waals surface area contributed by atoms with Gasteiger partial charge in [-0.2, -0.15) is 0 Å². The fraction of sp³-hybridized carbons (Fsp3) is 0.635. The summed E-state index contributed by atoms with van der Waals surface area (Å²) in [5, 5.41) is 18.9. The van der Waals surface area contributed by atoms with E-state index in [4.69, 9.17) is 28.9 Å². The van der Waals surface area contributed by atoms with Crippen LogP contribution in [0.25, 0.3) is 33.4 Å². The predicted octanol–water partition coefficient (Wildman–Crippen LogP) is 6.06. The highest BCUT2D eigenvalue weighted by molar-refractivity contribution is 7.10. The molecule has 2 amide bonds. The Morgan fingerprint density at radius 2 is 1.90 bits per heavy atom. The quantitative estimate of drug-likeness (QED) is 0.140. The lowest BCUT2D eigenvalue weighted by Gasteiger charge is -2.37. The first-order chi connectivity index (χ1) is 33.4. The summed E-state index contributed by atoms with van der Waals surface area (Å²) in [6.07, 6.45) is 6.80. The monoisotopic (exact) mass is 967 g/mol. The summed E-state index contributed by atoms with van der Waals surface area (Å²) < 4.78 is 26.9. The van der Waals surface area contributed by atoms with Crippen molar-refractivity contribution >= 4 is 45.7 Å². The van der Waals surface area contributed by atoms with E-state index in [0.29, 0.717) is 49.7 Å². The Hall–Kier alpha value is -4.49. The second kappa shape index (κ2) is 20.0. The van der Waals surface area contributed by atoms with E-state index in [1.54, 1.807) is 7.11 Å². The van der Waals surface area contributed by atoms with Gasteiger partial charge in [0.25, 0.3) is 5.91 Å². The summed E-state index contributed by atoms with van der Waals surface area (Å²) in [5.41, 5.74) is 9.92.